The van der Waals surface area contributed by atoms with E-state index in [2.05, 4.69) is 5.32 Å². The Labute approximate surface area is 240 Å². The summed E-state index contributed by atoms with van der Waals surface area (Å²) in [5.74, 6) is -2.06. The SMILES string of the molecule is CC(O)[C@H](NC(=O)C1(c2ccccc2)CCN(C(=O)[C@@H]2Cc3ccccc3CN2C(=O)OC(C)(C)C)CC1)C(=O)O. The van der Waals surface area contributed by atoms with Gasteiger partial charge in [-0.15, -0.1) is 0 Å². The van der Waals surface area contributed by atoms with Gasteiger partial charge in [0.15, 0.2) is 6.04 Å². The van der Waals surface area contributed by atoms with Crippen LogP contribution in [0.1, 0.15) is 57.2 Å². The second-order valence-corrected chi connectivity index (χ2v) is 11.9. The number of amides is 3. The number of fused-ring (bicyclic) bond motifs is 1. The first-order valence-electron chi connectivity index (χ1n) is 13.9. The third-order valence-corrected chi connectivity index (χ3v) is 7.89. The van der Waals surface area contributed by atoms with E-state index in [1.165, 1.54) is 11.8 Å². The lowest BCUT2D eigenvalue weighted by atomic mass is 9.71. The molecule has 2 aliphatic rings. The zero-order valence-electron chi connectivity index (χ0n) is 24.0. The minimum Gasteiger partial charge on any atom is -0.480 e. The van der Waals surface area contributed by atoms with Crippen LogP contribution in [0.3, 0.4) is 0 Å². The third-order valence-electron chi connectivity index (χ3n) is 7.89. The molecule has 10 nitrogen and oxygen atoms in total. The largest absolute Gasteiger partial charge is 0.480 e. The first-order chi connectivity index (χ1) is 19.3. The van der Waals surface area contributed by atoms with E-state index in [-0.39, 0.29) is 38.4 Å². The normalized spacial score (nSPS) is 19.9. The molecule has 1 fully saturated rings. The fraction of sp³-hybridized carbons (Fsp3) is 0.484. The number of carbonyl (C=O) groups is 4. The summed E-state index contributed by atoms with van der Waals surface area (Å²) >= 11 is 0. The van der Waals surface area contributed by atoms with Gasteiger partial charge in [0.05, 0.1) is 18.1 Å². The Bertz CT molecular complexity index is 1280. The van der Waals surface area contributed by atoms with E-state index in [1.807, 2.05) is 54.6 Å². The van der Waals surface area contributed by atoms with Gasteiger partial charge in [-0.25, -0.2) is 9.59 Å². The highest BCUT2D eigenvalue weighted by Crippen LogP contribution is 2.37. The number of aliphatic carboxylic acids is 1. The van der Waals surface area contributed by atoms with Crippen molar-refractivity contribution in [3.63, 3.8) is 0 Å². The van der Waals surface area contributed by atoms with Gasteiger partial charge in [0.1, 0.15) is 11.6 Å². The standard InChI is InChI=1S/C31H39N3O7/c1-20(35)25(27(37)38)32-28(39)31(23-12-6-5-7-13-23)14-16-33(17-15-31)26(36)24-18-21-10-8-9-11-22(21)19-34(24)29(40)41-30(2,3)4/h5-13,20,24-25,35H,14-19H2,1-4H3,(H,32,39)(H,37,38)/t20?,24-,25-/m0/s1. The van der Waals surface area contributed by atoms with Gasteiger partial charge in [-0.3, -0.25) is 14.5 Å². The molecule has 220 valence electrons. The molecule has 0 spiro atoms. The summed E-state index contributed by atoms with van der Waals surface area (Å²) in [5, 5.41) is 22.0. The van der Waals surface area contributed by atoms with Crippen molar-refractivity contribution in [2.24, 2.45) is 0 Å². The number of nitrogens with one attached hydrogen (secondary N) is 1. The topological polar surface area (TPSA) is 136 Å². The molecule has 0 saturated carbocycles. The highest BCUT2D eigenvalue weighted by Gasteiger charge is 2.47. The van der Waals surface area contributed by atoms with Crippen LogP contribution >= 0.6 is 0 Å². The van der Waals surface area contributed by atoms with Crippen LogP contribution in [0.25, 0.3) is 0 Å². The van der Waals surface area contributed by atoms with Gasteiger partial charge in [0, 0.05) is 19.5 Å². The number of hydrogen-bond acceptors (Lipinski definition) is 6. The molecule has 10 heteroatoms. The minimum atomic E-state index is -1.47. The third kappa shape index (κ3) is 6.53. The Kier molecular flexibility index (Phi) is 8.72. The van der Waals surface area contributed by atoms with E-state index in [4.69, 9.17) is 4.74 Å². The Balaban J connectivity index is 1.58. The number of carboxylic acid groups (broad SMARTS) is 1. The lowest BCUT2D eigenvalue weighted by Gasteiger charge is -2.44. The van der Waals surface area contributed by atoms with Crippen molar-refractivity contribution in [2.45, 2.75) is 82.7 Å². The number of carbonyl (C=O) groups excluding carboxylic acids is 3. The minimum absolute atomic E-state index is 0.222. The molecule has 3 N–H and O–H groups in total. The molecule has 0 aromatic heterocycles. The quantitative estimate of drug-likeness (QED) is 0.490. The van der Waals surface area contributed by atoms with Crippen molar-refractivity contribution in [2.75, 3.05) is 13.1 Å². The maximum atomic E-state index is 14.0. The van der Waals surface area contributed by atoms with Gasteiger partial charge >= 0.3 is 12.1 Å². The van der Waals surface area contributed by atoms with E-state index in [9.17, 15) is 29.4 Å². The average molecular weight is 566 g/mol. The second kappa shape index (κ2) is 11.9. The van der Waals surface area contributed by atoms with Crippen molar-refractivity contribution in [3.05, 3.63) is 71.3 Å². The smallest absolute Gasteiger partial charge is 0.411 e. The zero-order valence-corrected chi connectivity index (χ0v) is 24.0. The van der Waals surface area contributed by atoms with Crippen LogP contribution in [-0.4, -0.2) is 80.8 Å². The predicted octanol–water partition coefficient (Wildman–Crippen LogP) is 2.86. The number of carboxylic acids is 1. The van der Waals surface area contributed by atoms with Crippen molar-refractivity contribution in [1.29, 1.82) is 0 Å². The van der Waals surface area contributed by atoms with E-state index in [0.29, 0.717) is 12.0 Å². The van der Waals surface area contributed by atoms with Crippen molar-refractivity contribution < 1.29 is 34.1 Å². The number of hydrogen-bond donors (Lipinski definition) is 3. The number of rotatable bonds is 6. The molecule has 0 bridgehead atoms. The number of benzene rings is 2. The molecule has 1 unspecified atom stereocenters. The molecular weight excluding hydrogens is 526 g/mol. The fourth-order valence-electron chi connectivity index (χ4n) is 5.65. The lowest BCUT2D eigenvalue weighted by Crippen LogP contribution is -2.60. The van der Waals surface area contributed by atoms with Gasteiger partial charge in [0.2, 0.25) is 11.8 Å². The highest BCUT2D eigenvalue weighted by molar-refractivity contribution is 5.92. The van der Waals surface area contributed by atoms with E-state index >= 15 is 0 Å². The summed E-state index contributed by atoms with van der Waals surface area (Å²) in [6, 6.07) is 14.6. The molecule has 0 aliphatic carbocycles. The molecular formula is C31H39N3O7. The number of nitrogens with zero attached hydrogens (tertiary/aromatic N) is 2. The van der Waals surface area contributed by atoms with Crippen LogP contribution in [0.2, 0.25) is 0 Å². The average Bonchev–Trinajstić information content (AvgIpc) is 2.94. The van der Waals surface area contributed by atoms with Crippen LogP contribution in [-0.2, 0) is 37.5 Å². The predicted molar refractivity (Wildman–Crippen MR) is 151 cm³/mol. The van der Waals surface area contributed by atoms with Gasteiger partial charge in [-0.2, -0.15) is 0 Å². The molecule has 2 aliphatic heterocycles. The molecule has 3 atom stereocenters. The van der Waals surface area contributed by atoms with Crippen molar-refractivity contribution >= 4 is 23.9 Å². The summed E-state index contributed by atoms with van der Waals surface area (Å²) in [4.78, 5) is 55.7. The highest BCUT2D eigenvalue weighted by atomic mass is 16.6. The van der Waals surface area contributed by atoms with Crippen LogP contribution in [0.5, 0.6) is 0 Å². The van der Waals surface area contributed by atoms with E-state index in [1.54, 1.807) is 25.7 Å². The van der Waals surface area contributed by atoms with E-state index in [0.717, 1.165) is 11.1 Å². The first kappa shape index (κ1) is 30.0. The summed E-state index contributed by atoms with van der Waals surface area (Å²) < 4.78 is 5.65. The first-order valence-corrected chi connectivity index (χ1v) is 13.9. The van der Waals surface area contributed by atoms with Crippen LogP contribution in [0.4, 0.5) is 4.79 Å². The van der Waals surface area contributed by atoms with Gasteiger partial charge in [-0.05, 0) is 57.2 Å². The molecule has 2 aromatic carbocycles. The summed E-state index contributed by atoms with van der Waals surface area (Å²) in [6.07, 6.45) is -1.01. The summed E-state index contributed by atoms with van der Waals surface area (Å²) in [7, 11) is 0. The van der Waals surface area contributed by atoms with E-state index < -0.39 is 47.2 Å². The fourth-order valence-corrected chi connectivity index (χ4v) is 5.65. The summed E-state index contributed by atoms with van der Waals surface area (Å²) in [6.45, 7) is 7.37. The number of piperidine rings is 1. The Hall–Kier alpha value is -3.92. The molecule has 0 radical (unpaired) electrons. The Morgan fingerprint density at radius 3 is 2.12 bits per heavy atom. The van der Waals surface area contributed by atoms with Gasteiger partial charge < -0.3 is 25.2 Å². The number of ether oxygens (including phenoxy) is 1. The van der Waals surface area contributed by atoms with Crippen LogP contribution in [0.15, 0.2) is 54.6 Å². The number of likely N-dealkylation sites (tertiary alicyclic amines) is 1. The lowest BCUT2D eigenvalue weighted by molar-refractivity contribution is -0.147. The van der Waals surface area contributed by atoms with Crippen LogP contribution < -0.4 is 5.32 Å². The monoisotopic (exact) mass is 565 g/mol. The van der Waals surface area contributed by atoms with Crippen molar-refractivity contribution in [3.8, 4) is 0 Å². The second-order valence-electron chi connectivity index (χ2n) is 11.9. The Morgan fingerprint density at radius 2 is 1.56 bits per heavy atom. The Morgan fingerprint density at radius 1 is 0.976 bits per heavy atom. The van der Waals surface area contributed by atoms with Crippen LogP contribution in [0, 0.1) is 0 Å². The summed E-state index contributed by atoms with van der Waals surface area (Å²) in [5.41, 5.74) is 0.853. The number of aliphatic hydroxyl groups excluding tert-OH is 1. The maximum absolute atomic E-state index is 14.0. The number of aliphatic hydroxyl groups is 1. The van der Waals surface area contributed by atoms with Gasteiger partial charge in [0.25, 0.3) is 0 Å². The zero-order chi connectivity index (χ0) is 29.9. The molecule has 3 amide bonds. The van der Waals surface area contributed by atoms with Crippen molar-refractivity contribution in [1.82, 2.24) is 15.1 Å². The molecule has 2 heterocycles. The van der Waals surface area contributed by atoms with Gasteiger partial charge in [-0.1, -0.05) is 54.6 Å². The molecule has 4 rings (SSSR count). The molecule has 41 heavy (non-hydrogen) atoms. The maximum Gasteiger partial charge on any atom is 0.411 e. The molecule has 1 saturated heterocycles. The molecule has 2 aromatic rings.